The standard InChI is InChI=1S/C20H23N4O3/c1-20(2,3)18-21-23(14-6-10-16(26-4)11-7-14)19(25)24(22-18)15-8-12-17(27-5)13-9-15/h6-13H,1-5H3. The van der Waals surface area contributed by atoms with Gasteiger partial charge in [0.1, 0.15) is 11.5 Å². The number of hydrogen-bond acceptors (Lipinski definition) is 4. The van der Waals surface area contributed by atoms with Crippen molar-refractivity contribution in [2.45, 2.75) is 20.8 Å². The number of urea groups is 1. The molecule has 0 spiro atoms. The molecule has 0 atom stereocenters. The number of hydrazone groups is 1. The maximum atomic E-state index is 13.1. The first-order valence-electron chi connectivity index (χ1n) is 8.56. The molecule has 1 heterocycles. The number of methoxy groups -OCH3 is 2. The van der Waals surface area contributed by atoms with Crippen LogP contribution in [-0.2, 0) is 0 Å². The zero-order valence-corrected chi connectivity index (χ0v) is 16.1. The predicted molar refractivity (Wildman–Crippen MR) is 105 cm³/mol. The molecule has 7 heteroatoms. The first-order chi connectivity index (χ1) is 12.8. The van der Waals surface area contributed by atoms with E-state index in [1.165, 1.54) is 10.0 Å². The molecule has 0 bridgehead atoms. The van der Waals surface area contributed by atoms with E-state index in [-0.39, 0.29) is 11.4 Å². The minimum atomic E-state index is -0.363. The molecule has 0 saturated heterocycles. The fourth-order valence-corrected chi connectivity index (χ4v) is 2.47. The third-order valence-electron chi connectivity index (χ3n) is 4.06. The highest BCUT2D eigenvalue weighted by molar-refractivity contribution is 6.09. The maximum Gasteiger partial charge on any atom is 0.370 e. The summed E-state index contributed by atoms with van der Waals surface area (Å²) in [4.78, 5) is 13.1. The predicted octanol–water partition coefficient (Wildman–Crippen LogP) is 4.03. The highest BCUT2D eigenvalue weighted by Gasteiger charge is 2.36. The van der Waals surface area contributed by atoms with Crippen molar-refractivity contribution in [1.29, 1.82) is 0 Å². The van der Waals surface area contributed by atoms with Gasteiger partial charge in [-0.15, -0.1) is 10.5 Å². The molecule has 2 aromatic carbocycles. The van der Waals surface area contributed by atoms with Gasteiger partial charge < -0.3 is 9.47 Å². The molecule has 3 rings (SSSR count). The second kappa shape index (κ2) is 7.19. The Labute approximate surface area is 159 Å². The van der Waals surface area contributed by atoms with Crippen LogP contribution in [-0.4, -0.2) is 26.1 Å². The lowest BCUT2D eigenvalue weighted by atomic mass is 9.95. The third-order valence-corrected chi connectivity index (χ3v) is 4.06. The number of amidine groups is 1. The van der Waals surface area contributed by atoms with Crippen LogP contribution in [0.15, 0.2) is 53.6 Å². The Morgan fingerprint density at radius 2 is 1.22 bits per heavy atom. The van der Waals surface area contributed by atoms with E-state index < -0.39 is 0 Å². The molecule has 0 fully saturated rings. The molecule has 0 aromatic heterocycles. The molecule has 0 aliphatic carbocycles. The number of carbonyl (C=O) groups excluding carboxylic acids is 1. The summed E-state index contributed by atoms with van der Waals surface area (Å²) < 4.78 is 10.4. The van der Waals surface area contributed by atoms with Crippen molar-refractivity contribution in [3.8, 4) is 11.5 Å². The Bertz CT molecular complexity index is 839. The van der Waals surface area contributed by atoms with Crippen LogP contribution in [0.25, 0.3) is 0 Å². The lowest BCUT2D eigenvalue weighted by molar-refractivity contribution is 0.248. The van der Waals surface area contributed by atoms with Crippen LogP contribution < -0.4 is 24.9 Å². The van der Waals surface area contributed by atoms with Gasteiger partial charge in [-0.1, -0.05) is 20.8 Å². The first kappa shape index (κ1) is 18.6. The Morgan fingerprint density at radius 3 is 1.63 bits per heavy atom. The smallest absolute Gasteiger partial charge is 0.370 e. The molecule has 0 saturated carbocycles. The van der Waals surface area contributed by atoms with Crippen molar-refractivity contribution < 1.29 is 14.3 Å². The van der Waals surface area contributed by atoms with Gasteiger partial charge in [0, 0.05) is 5.41 Å². The van der Waals surface area contributed by atoms with Gasteiger partial charge in [0.15, 0.2) is 5.84 Å². The summed E-state index contributed by atoms with van der Waals surface area (Å²) in [6, 6.07) is 14.0. The van der Waals surface area contributed by atoms with Crippen molar-refractivity contribution in [2.24, 2.45) is 10.5 Å². The van der Waals surface area contributed by atoms with Crippen LogP contribution in [0.2, 0.25) is 0 Å². The molecule has 0 N–H and O–H groups in total. The van der Waals surface area contributed by atoms with E-state index in [9.17, 15) is 4.79 Å². The molecule has 1 aliphatic rings. The Balaban J connectivity index is 2.01. The van der Waals surface area contributed by atoms with Gasteiger partial charge in [-0.3, -0.25) is 0 Å². The Morgan fingerprint density at radius 1 is 0.778 bits per heavy atom. The number of carbonyl (C=O) groups is 1. The van der Waals surface area contributed by atoms with Gasteiger partial charge in [0.2, 0.25) is 0 Å². The number of ether oxygens (including phenoxy) is 2. The number of rotatable bonds is 4. The minimum Gasteiger partial charge on any atom is -0.497 e. The second-order valence-electron chi connectivity index (χ2n) is 7.08. The summed E-state index contributed by atoms with van der Waals surface area (Å²) in [6.45, 7) is 6.01. The lowest BCUT2D eigenvalue weighted by Gasteiger charge is -2.35. The molecule has 141 valence electrons. The molecule has 7 nitrogen and oxygen atoms in total. The van der Waals surface area contributed by atoms with E-state index in [4.69, 9.17) is 9.47 Å². The SMILES string of the molecule is COc1ccc(N2[N]C(C(C)(C)C)=NN(c3ccc(OC)cc3)C2=O)cc1. The van der Waals surface area contributed by atoms with E-state index in [2.05, 4.69) is 10.5 Å². The number of nitrogens with zero attached hydrogens (tertiary/aromatic N) is 4. The summed E-state index contributed by atoms with van der Waals surface area (Å²) in [5.74, 6) is 1.97. The van der Waals surface area contributed by atoms with Gasteiger partial charge in [-0.2, -0.15) is 10.0 Å². The molecule has 2 amide bonds. The average molecular weight is 367 g/mol. The Hall–Kier alpha value is -3.22. The quantitative estimate of drug-likeness (QED) is 0.819. The largest absolute Gasteiger partial charge is 0.497 e. The summed E-state index contributed by atoms with van der Waals surface area (Å²) in [6.07, 6.45) is 0. The number of anilines is 2. The first-order valence-corrected chi connectivity index (χ1v) is 8.56. The van der Waals surface area contributed by atoms with Crippen LogP contribution in [0.4, 0.5) is 16.2 Å². The molecule has 27 heavy (non-hydrogen) atoms. The van der Waals surface area contributed by atoms with Crippen LogP contribution in [0.3, 0.4) is 0 Å². The van der Waals surface area contributed by atoms with Crippen LogP contribution in [0.5, 0.6) is 11.5 Å². The topological polar surface area (TPSA) is 68.5 Å². The average Bonchev–Trinajstić information content (AvgIpc) is 2.67. The van der Waals surface area contributed by atoms with Gasteiger partial charge in [0.25, 0.3) is 0 Å². The maximum absolute atomic E-state index is 13.1. The van der Waals surface area contributed by atoms with Crippen LogP contribution in [0.1, 0.15) is 20.8 Å². The molecule has 0 unspecified atom stereocenters. The highest BCUT2D eigenvalue weighted by Crippen LogP contribution is 2.29. The fraction of sp³-hybridized carbons (Fsp3) is 0.300. The van der Waals surface area contributed by atoms with Crippen LogP contribution in [0, 0.1) is 5.41 Å². The van der Waals surface area contributed by atoms with Gasteiger partial charge in [0.05, 0.1) is 25.6 Å². The van der Waals surface area contributed by atoms with E-state index >= 15 is 0 Å². The molecular formula is C20H23N4O3. The van der Waals surface area contributed by atoms with Crippen molar-refractivity contribution in [2.75, 3.05) is 24.2 Å². The second-order valence-corrected chi connectivity index (χ2v) is 7.08. The summed E-state index contributed by atoms with van der Waals surface area (Å²) >= 11 is 0. The highest BCUT2D eigenvalue weighted by atomic mass is 16.5. The monoisotopic (exact) mass is 367 g/mol. The van der Waals surface area contributed by atoms with E-state index in [1.54, 1.807) is 62.8 Å². The van der Waals surface area contributed by atoms with Crippen LogP contribution >= 0.6 is 0 Å². The number of benzene rings is 2. The molecular weight excluding hydrogens is 344 g/mol. The van der Waals surface area contributed by atoms with Crippen molar-refractivity contribution in [3.05, 3.63) is 48.5 Å². The van der Waals surface area contributed by atoms with Crippen molar-refractivity contribution in [3.63, 3.8) is 0 Å². The third kappa shape index (κ3) is 3.81. The fourth-order valence-electron chi connectivity index (χ4n) is 2.47. The zero-order valence-electron chi connectivity index (χ0n) is 16.1. The zero-order chi connectivity index (χ0) is 19.6. The van der Waals surface area contributed by atoms with E-state index in [0.717, 1.165) is 0 Å². The van der Waals surface area contributed by atoms with Gasteiger partial charge in [-0.05, 0) is 48.5 Å². The van der Waals surface area contributed by atoms with E-state index in [0.29, 0.717) is 28.7 Å². The Kier molecular flexibility index (Phi) is 4.94. The summed E-state index contributed by atoms with van der Waals surface area (Å²) in [7, 11) is 3.20. The molecule has 2 aromatic rings. The normalized spacial score (nSPS) is 14.6. The van der Waals surface area contributed by atoms with Crippen molar-refractivity contribution >= 4 is 23.2 Å². The van der Waals surface area contributed by atoms with E-state index in [1.807, 2.05) is 20.8 Å². The summed E-state index contributed by atoms with van der Waals surface area (Å²) in [5.41, 5.74) is 5.43. The lowest BCUT2D eigenvalue weighted by Crippen LogP contribution is -2.55. The molecule has 1 aliphatic heterocycles. The minimum absolute atomic E-state index is 0.337. The number of hydrogen-bond donors (Lipinski definition) is 0. The molecule has 1 radical (unpaired) electrons. The number of amides is 2. The summed E-state index contributed by atoms with van der Waals surface area (Å²) in [5, 5.41) is 7.21. The van der Waals surface area contributed by atoms with Crippen molar-refractivity contribution in [1.82, 2.24) is 5.43 Å². The van der Waals surface area contributed by atoms with Gasteiger partial charge in [-0.25, -0.2) is 4.79 Å². The van der Waals surface area contributed by atoms with Gasteiger partial charge >= 0.3 is 6.03 Å².